The van der Waals surface area contributed by atoms with Gasteiger partial charge in [0, 0.05) is 26.4 Å². The largest absolute Gasteiger partial charge is 0.381 e. The van der Waals surface area contributed by atoms with Gasteiger partial charge in [-0.1, -0.05) is 13.8 Å². The number of hydrogen-bond donors (Lipinski definition) is 1. The van der Waals surface area contributed by atoms with Crippen LogP contribution in [0.25, 0.3) is 0 Å². The Bertz CT molecular complexity index is 177. The van der Waals surface area contributed by atoms with E-state index in [-0.39, 0.29) is 5.41 Å². The number of nitrogens with two attached hydrogens (primary N) is 1. The van der Waals surface area contributed by atoms with Gasteiger partial charge in [0.25, 0.3) is 0 Å². The minimum Gasteiger partial charge on any atom is -0.381 e. The van der Waals surface area contributed by atoms with Crippen LogP contribution in [0.15, 0.2) is 0 Å². The molecule has 0 radical (unpaired) electrons. The van der Waals surface area contributed by atoms with E-state index < -0.39 is 0 Å². The van der Waals surface area contributed by atoms with E-state index in [4.69, 9.17) is 15.2 Å². The van der Waals surface area contributed by atoms with Crippen LogP contribution in [0.3, 0.4) is 0 Å². The average Bonchev–Trinajstić information content (AvgIpc) is 2.30. The van der Waals surface area contributed by atoms with E-state index in [1.165, 1.54) is 0 Å². The van der Waals surface area contributed by atoms with Gasteiger partial charge in [0.1, 0.15) is 0 Å². The molecule has 3 heteroatoms. The van der Waals surface area contributed by atoms with Gasteiger partial charge in [0.2, 0.25) is 0 Å². The smallest absolute Gasteiger partial charge is 0.0495 e. The molecule has 96 valence electrons. The topological polar surface area (TPSA) is 44.5 Å². The van der Waals surface area contributed by atoms with Crippen molar-refractivity contribution in [2.24, 2.45) is 17.1 Å². The van der Waals surface area contributed by atoms with Crippen LogP contribution in [0.4, 0.5) is 0 Å². The van der Waals surface area contributed by atoms with Gasteiger partial charge in [-0.2, -0.15) is 0 Å². The molecule has 1 saturated heterocycles. The zero-order valence-electron chi connectivity index (χ0n) is 10.8. The molecule has 2 N–H and O–H groups in total. The van der Waals surface area contributed by atoms with Gasteiger partial charge in [-0.25, -0.2) is 0 Å². The monoisotopic (exact) mass is 229 g/mol. The molecule has 1 rings (SSSR count). The summed E-state index contributed by atoms with van der Waals surface area (Å²) in [6.45, 7) is 8.79. The van der Waals surface area contributed by atoms with Gasteiger partial charge >= 0.3 is 0 Å². The quantitative estimate of drug-likeness (QED) is 0.681. The zero-order chi connectivity index (χ0) is 11.9. The van der Waals surface area contributed by atoms with Crippen molar-refractivity contribution in [1.29, 1.82) is 0 Å². The Morgan fingerprint density at radius 2 is 2.00 bits per heavy atom. The van der Waals surface area contributed by atoms with Crippen molar-refractivity contribution < 1.29 is 9.47 Å². The Hall–Kier alpha value is -0.120. The first-order chi connectivity index (χ1) is 7.64. The van der Waals surface area contributed by atoms with Crippen LogP contribution in [-0.4, -0.2) is 33.0 Å². The summed E-state index contributed by atoms with van der Waals surface area (Å²) in [6, 6.07) is 0. The number of ether oxygens (including phenoxy) is 2. The summed E-state index contributed by atoms with van der Waals surface area (Å²) >= 11 is 0. The molecular weight excluding hydrogens is 202 g/mol. The van der Waals surface area contributed by atoms with Crippen LogP contribution in [0.2, 0.25) is 0 Å². The first-order valence-electron chi connectivity index (χ1n) is 6.49. The number of rotatable bonds is 7. The predicted octanol–water partition coefficient (Wildman–Crippen LogP) is 2.19. The lowest BCUT2D eigenvalue weighted by Crippen LogP contribution is -2.24. The van der Waals surface area contributed by atoms with Crippen LogP contribution in [-0.2, 0) is 9.47 Å². The van der Waals surface area contributed by atoms with Crippen molar-refractivity contribution in [2.45, 2.75) is 39.5 Å². The van der Waals surface area contributed by atoms with Gasteiger partial charge in [-0.15, -0.1) is 0 Å². The molecule has 0 spiro atoms. The van der Waals surface area contributed by atoms with Crippen LogP contribution < -0.4 is 5.73 Å². The Morgan fingerprint density at radius 3 is 2.62 bits per heavy atom. The molecule has 0 aromatic carbocycles. The average molecular weight is 229 g/mol. The molecule has 1 fully saturated rings. The highest BCUT2D eigenvalue weighted by molar-refractivity contribution is 4.68. The molecule has 0 aromatic heterocycles. The van der Waals surface area contributed by atoms with Crippen molar-refractivity contribution in [3.63, 3.8) is 0 Å². The maximum Gasteiger partial charge on any atom is 0.0495 e. The van der Waals surface area contributed by atoms with Gasteiger partial charge in [-0.3, -0.25) is 0 Å². The molecule has 0 bridgehead atoms. The van der Waals surface area contributed by atoms with Crippen LogP contribution in [0, 0.1) is 11.3 Å². The van der Waals surface area contributed by atoms with Gasteiger partial charge in [0.15, 0.2) is 0 Å². The summed E-state index contributed by atoms with van der Waals surface area (Å²) in [5.74, 6) is 0.719. The summed E-state index contributed by atoms with van der Waals surface area (Å²) in [6.07, 6.45) is 4.59. The van der Waals surface area contributed by atoms with Crippen LogP contribution in [0.5, 0.6) is 0 Å². The third-order valence-corrected chi connectivity index (χ3v) is 3.39. The fourth-order valence-electron chi connectivity index (χ4n) is 1.92. The highest BCUT2D eigenvalue weighted by Crippen LogP contribution is 2.20. The third-order valence-electron chi connectivity index (χ3n) is 3.39. The molecule has 1 aliphatic rings. The van der Waals surface area contributed by atoms with Crippen molar-refractivity contribution in [3.05, 3.63) is 0 Å². The van der Waals surface area contributed by atoms with Gasteiger partial charge in [-0.05, 0) is 43.6 Å². The molecule has 16 heavy (non-hydrogen) atoms. The standard InChI is InChI=1S/C13H27NO2/c1-13(2,11-14)6-3-7-16-10-12-4-8-15-9-5-12/h12H,3-11,14H2,1-2H3. The Kier molecular flexibility index (Phi) is 6.32. The van der Waals surface area contributed by atoms with E-state index in [1.807, 2.05) is 0 Å². The SMILES string of the molecule is CC(C)(CN)CCCOCC1CCOCC1. The first kappa shape index (κ1) is 13.9. The Balaban J connectivity index is 1.95. The molecule has 1 aliphatic heterocycles. The van der Waals surface area contributed by atoms with Crippen molar-refractivity contribution in [2.75, 3.05) is 33.0 Å². The van der Waals surface area contributed by atoms with Crippen molar-refractivity contribution in [3.8, 4) is 0 Å². The first-order valence-corrected chi connectivity index (χ1v) is 6.49. The second-order valence-electron chi connectivity index (χ2n) is 5.60. The van der Waals surface area contributed by atoms with Gasteiger partial charge in [0.05, 0.1) is 0 Å². The normalized spacial score (nSPS) is 18.9. The lowest BCUT2D eigenvalue weighted by Gasteiger charge is -2.23. The lowest BCUT2D eigenvalue weighted by atomic mass is 9.88. The highest BCUT2D eigenvalue weighted by Gasteiger charge is 2.16. The third kappa shape index (κ3) is 5.83. The molecule has 0 saturated carbocycles. The summed E-state index contributed by atoms with van der Waals surface area (Å²) < 4.78 is 11.0. The minimum atomic E-state index is 0.266. The highest BCUT2D eigenvalue weighted by atomic mass is 16.5. The predicted molar refractivity (Wildman–Crippen MR) is 66.4 cm³/mol. The molecule has 0 unspecified atom stereocenters. The maximum absolute atomic E-state index is 5.72. The second-order valence-corrected chi connectivity index (χ2v) is 5.60. The second kappa shape index (κ2) is 7.25. The van der Waals surface area contributed by atoms with Crippen molar-refractivity contribution in [1.82, 2.24) is 0 Å². The molecular formula is C13H27NO2. The van der Waals surface area contributed by atoms with Crippen molar-refractivity contribution >= 4 is 0 Å². The van der Waals surface area contributed by atoms with E-state index in [9.17, 15) is 0 Å². The van der Waals surface area contributed by atoms with E-state index in [0.29, 0.717) is 0 Å². The number of hydrogen-bond acceptors (Lipinski definition) is 3. The molecule has 0 atom stereocenters. The minimum absolute atomic E-state index is 0.266. The van der Waals surface area contributed by atoms with E-state index >= 15 is 0 Å². The van der Waals surface area contributed by atoms with Gasteiger partial charge < -0.3 is 15.2 Å². The Morgan fingerprint density at radius 1 is 1.31 bits per heavy atom. The summed E-state index contributed by atoms with van der Waals surface area (Å²) in [5, 5.41) is 0. The maximum atomic E-state index is 5.72. The summed E-state index contributed by atoms with van der Waals surface area (Å²) in [4.78, 5) is 0. The van der Waals surface area contributed by atoms with E-state index in [1.54, 1.807) is 0 Å². The molecule has 1 heterocycles. The summed E-state index contributed by atoms with van der Waals surface area (Å²) in [7, 11) is 0. The fourth-order valence-corrected chi connectivity index (χ4v) is 1.92. The van der Waals surface area contributed by atoms with E-state index in [2.05, 4.69) is 13.8 Å². The summed E-state index contributed by atoms with van der Waals surface area (Å²) in [5.41, 5.74) is 5.95. The fraction of sp³-hybridized carbons (Fsp3) is 1.00. The molecule has 0 aromatic rings. The molecule has 0 amide bonds. The van der Waals surface area contributed by atoms with E-state index in [0.717, 1.165) is 64.6 Å². The van der Waals surface area contributed by atoms with Crippen LogP contribution in [0.1, 0.15) is 39.5 Å². The van der Waals surface area contributed by atoms with Crippen LogP contribution >= 0.6 is 0 Å². The zero-order valence-corrected chi connectivity index (χ0v) is 10.8. The molecule has 0 aliphatic carbocycles. The molecule has 3 nitrogen and oxygen atoms in total. The Labute approximate surface area is 99.7 Å². The lowest BCUT2D eigenvalue weighted by molar-refractivity contribution is 0.0185.